The van der Waals surface area contributed by atoms with Crippen molar-refractivity contribution in [3.8, 4) is 0 Å². The van der Waals surface area contributed by atoms with Gasteiger partial charge < -0.3 is 43.4 Å². The Balaban J connectivity index is 1.53. The van der Waals surface area contributed by atoms with Gasteiger partial charge in [-0.1, -0.05) is 25.1 Å². The van der Waals surface area contributed by atoms with E-state index in [1.807, 2.05) is 6.92 Å². The fourth-order valence-electron chi connectivity index (χ4n) is 12.7. The molecule has 1 saturated heterocycles. The van der Waals surface area contributed by atoms with Crippen molar-refractivity contribution in [2.24, 2.45) is 34.5 Å². The largest absolute Gasteiger partial charge is 0.462 e. The van der Waals surface area contributed by atoms with Crippen LogP contribution in [0.15, 0.2) is 30.3 Å². The second-order valence-electron chi connectivity index (χ2n) is 15.0. The molecular weight excluding hydrogens is 638 g/mol. The second kappa shape index (κ2) is 12.0. The summed E-state index contributed by atoms with van der Waals surface area (Å²) in [4.78, 5) is 42.2. The average Bonchev–Trinajstić information content (AvgIpc) is 3.44. The lowest BCUT2D eigenvalue weighted by molar-refractivity contribution is -0.322. The normalized spacial score (nSPS) is 47.4. The Kier molecular flexibility index (Phi) is 8.49. The van der Waals surface area contributed by atoms with E-state index in [2.05, 4.69) is 4.90 Å². The molecule has 1 aromatic rings. The van der Waals surface area contributed by atoms with Crippen LogP contribution in [0.5, 0.6) is 0 Å². The molecule has 2 N–H and O–H groups in total. The molecule has 1 aliphatic heterocycles. The smallest absolute Gasteiger partial charge is 0.338 e. The summed E-state index contributed by atoms with van der Waals surface area (Å²) >= 11 is 0. The first kappa shape index (κ1) is 34.8. The van der Waals surface area contributed by atoms with Crippen molar-refractivity contribution in [1.29, 1.82) is 0 Å². The predicted molar refractivity (Wildman–Crippen MR) is 170 cm³/mol. The molecule has 49 heavy (non-hydrogen) atoms. The Hall–Kier alpha value is -2.65. The highest BCUT2D eigenvalue weighted by atomic mass is 16.6. The summed E-state index contributed by atoms with van der Waals surface area (Å²) in [5.74, 6) is -4.24. The van der Waals surface area contributed by atoms with Gasteiger partial charge in [0.25, 0.3) is 0 Å². The van der Waals surface area contributed by atoms with Gasteiger partial charge in [0.2, 0.25) is 0 Å². The third-order valence-corrected chi connectivity index (χ3v) is 13.4. The van der Waals surface area contributed by atoms with Crippen molar-refractivity contribution in [2.75, 3.05) is 48.1 Å². The number of hydrogen-bond acceptors (Lipinski definition) is 13. The summed E-state index contributed by atoms with van der Waals surface area (Å²) in [5, 5.41) is 25.5. The maximum atomic E-state index is 13.8. The van der Waals surface area contributed by atoms with Gasteiger partial charge >= 0.3 is 17.9 Å². The zero-order valence-corrected chi connectivity index (χ0v) is 29.2. The van der Waals surface area contributed by atoms with Crippen molar-refractivity contribution < 1.29 is 57.8 Å². The maximum absolute atomic E-state index is 13.8. The first-order chi connectivity index (χ1) is 23.4. The topological polar surface area (TPSA) is 160 Å². The highest BCUT2D eigenvalue weighted by Crippen LogP contribution is 2.80. The number of esters is 3. The number of carbonyl (C=O) groups excluding carboxylic acids is 3. The van der Waals surface area contributed by atoms with Crippen LogP contribution in [0.25, 0.3) is 0 Å². The van der Waals surface area contributed by atoms with Crippen molar-refractivity contribution in [3.05, 3.63) is 35.9 Å². The average molecular weight is 688 g/mol. The van der Waals surface area contributed by atoms with Gasteiger partial charge in [0, 0.05) is 89.9 Å². The van der Waals surface area contributed by atoms with Gasteiger partial charge in [-0.05, 0) is 31.0 Å². The van der Waals surface area contributed by atoms with Crippen LogP contribution in [-0.2, 0) is 42.7 Å². The van der Waals surface area contributed by atoms with Crippen LogP contribution in [0.4, 0.5) is 0 Å². The Morgan fingerprint density at radius 1 is 0.918 bits per heavy atom. The molecule has 5 saturated carbocycles. The highest BCUT2D eigenvalue weighted by molar-refractivity contribution is 5.89. The number of rotatable bonds is 10. The number of piperidine rings is 1. The summed E-state index contributed by atoms with van der Waals surface area (Å²) in [6, 6.07) is 8.12. The molecule has 5 aliphatic carbocycles. The molecule has 1 aromatic carbocycles. The number of aliphatic hydroxyl groups is 2. The quantitative estimate of drug-likeness (QED) is 0.267. The molecule has 6 aliphatic rings. The van der Waals surface area contributed by atoms with E-state index in [1.54, 1.807) is 51.7 Å². The molecule has 270 valence electrons. The van der Waals surface area contributed by atoms with E-state index in [0.717, 1.165) is 0 Å². The molecule has 1 spiro atoms. The molecule has 1 heterocycles. The number of nitrogens with zero attached hydrogens (tertiary/aromatic N) is 1. The summed E-state index contributed by atoms with van der Waals surface area (Å²) in [5.41, 5.74) is -4.92. The van der Waals surface area contributed by atoms with Crippen molar-refractivity contribution in [3.63, 3.8) is 0 Å². The molecule has 6 fully saturated rings. The van der Waals surface area contributed by atoms with Gasteiger partial charge in [0.1, 0.15) is 30.0 Å². The van der Waals surface area contributed by atoms with Crippen molar-refractivity contribution in [2.45, 2.75) is 87.5 Å². The number of aliphatic hydroxyl groups excluding tert-OH is 1. The van der Waals surface area contributed by atoms with Gasteiger partial charge in [0.05, 0.1) is 24.4 Å². The molecule has 13 heteroatoms. The Morgan fingerprint density at radius 2 is 1.63 bits per heavy atom. The number of ether oxygens (including phenoxy) is 7. The number of methoxy groups -OCH3 is 4. The van der Waals surface area contributed by atoms with Crippen LogP contribution in [-0.4, -0.2) is 135 Å². The molecule has 13 nitrogen and oxygen atoms in total. The van der Waals surface area contributed by atoms with Crippen LogP contribution in [0.3, 0.4) is 0 Å². The lowest BCUT2D eigenvalue weighted by atomic mass is 9.42. The molecule has 0 amide bonds. The van der Waals surface area contributed by atoms with Crippen LogP contribution in [0.2, 0.25) is 0 Å². The summed E-state index contributed by atoms with van der Waals surface area (Å²) in [6.45, 7) is 5.99. The summed E-state index contributed by atoms with van der Waals surface area (Å²) in [7, 11) is 6.25. The molecule has 0 unspecified atom stereocenters. The van der Waals surface area contributed by atoms with Crippen LogP contribution in [0, 0.1) is 34.5 Å². The number of likely N-dealkylation sites (tertiary alicyclic amines) is 1. The van der Waals surface area contributed by atoms with E-state index in [0.29, 0.717) is 19.5 Å². The molecular formula is C36H49NO12. The zero-order chi connectivity index (χ0) is 35.3. The van der Waals surface area contributed by atoms with E-state index in [-0.39, 0.29) is 24.6 Å². The first-order valence-electron chi connectivity index (χ1n) is 17.2. The van der Waals surface area contributed by atoms with E-state index in [9.17, 15) is 24.6 Å². The Morgan fingerprint density at radius 3 is 2.20 bits per heavy atom. The minimum absolute atomic E-state index is 0.0534. The number of carbonyl (C=O) groups is 3. The maximum Gasteiger partial charge on any atom is 0.338 e. The first-order valence-corrected chi connectivity index (χ1v) is 17.2. The number of benzene rings is 1. The lowest BCUT2D eigenvalue weighted by Crippen LogP contribution is -2.81. The third-order valence-electron chi connectivity index (χ3n) is 13.4. The molecule has 0 aromatic heterocycles. The van der Waals surface area contributed by atoms with Gasteiger partial charge in [-0.3, -0.25) is 14.5 Å². The van der Waals surface area contributed by atoms with Crippen LogP contribution < -0.4 is 0 Å². The fourth-order valence-corrected chi connectivity index (χ4v) is 12.7. The summed E-state index contributed by atoms with van der Waals surface area (Å²) in [6.07, 6.45) is -5.45. The van der Waals surface area contributed by atoms with Gasteiger partial charge in [-0.25, -0.2) is 4.79 Å². The standard InChI is InChI=1S/C36H49NO12/c1-8-37-16-33(17-43-4)22(47-18(2)38)14-23(44-5)35-21-15-34(42)30(48-32(41)20-12-10-9-11-13-20)24(21)36(49-19(3)39,29(40)31(34)46-7)25(28(35)37)26(45-6)27(33)35/h9-13,21-31,40,42H,8,14-17H2,1-7H3/t21-,22-,23+,24-,25+,26+,27-,28+,29+,30-,31+,33+,34-,35+,36-/m1/s1. The molecule has 7 bridgehead atoms. The third kappa shape index (κ3) is 4.21. The molecule has 0 radical (unpaired) electrons. The monoisotopic (exact) mass is 687 g/mol. The van der Waals surface area contributed by atoms with Gasteiger partial charge in [0.15, 0.2) is 5.60 Å². The van der Waals surface area contributed by atoms with Crippen LogP contribution in [0.1, 0.15) is 44.0 Å². The van der Waals surface area contributed by atoms with E-state index < -0.39 is 100 Å². The number of hydrogen-bond donors (Lipinski definition) is 2. The van der Waals surface area contributed by atoms with Gasteiger partial charge in [-0.15, -0.1) is 0 Å². The van der Waals surface area contributed by atoms with E-state index >= 15 is 0 Å². The predicted octanol–water partition coefficient (Wildman–Crippen LogP) is 1.22. The molecule has 7 rings (SSSR count). The minimum Gasteiger partial charge on any atom is -0.462 e. The summed E-state index contributed by atoms with van der Waals surface area (Å²) < 4.78 is 43.9. The van der Waals surface area contributed by atoms with E-state index in [1.165, 1.54) is 21.0 Å². The van der Waals surface area contributed by atoms with Crippen molar-refractivity contribution in [1.82, 2.24) is 4.90 Å². The number of fused-ring (bicyclic) bond motifs is 2. The fraction of sp³-hybridized carbons (Fsp3) is 0.750. The lowest BCUT2D eigenvalue weighted by Gasteiger charge is -2.70. The zero-order valence-electron chi connectivity index (χ0n) is 29.2. The Labute approximate surface area is 286 Å². The van der Waals surface area contributed by atoms with Crippen LogP contribution >= 0.6 is 0 Å². The van der Waals surface area contributed by atoms with E-state index in [4.69, 9.17) is 33.2 Å². The second-order valence-corrected chi connectivity index (χ2v) is 15.0. The van der Waals surface area contributed by atoms with Gasteiger partial charge in [-0.2, -0.15) is 0 Å². The minimum atomic E-state index is -1.86. The SMILES string of the molecule is CCN1C[C@@]2(COC)[C@H]3[C@@H](OC)[C@H]4[C@H]1[C@]3([C@@H](OC)C[C@H]2OC(C)=O)[C@@H]1C[C@@]2(O)[C@H](OC(=O)c3ccccc3)[C@@H]1[C@]4(OC(C)=O)[C@@H](O)[C@@H]2OC. The Bertz CT molecular complexity index is 1480. The highest BCUT2D eigenvalue weighted by Gasteiger charge is 2.92. The van der Waals surface area contributed by atoms with Crippen molar-refractivity contribution >= 4 is 17.9 Å². The molecule has 15 atom stereocenters.